The van der Waals surface area contributed by atoms with Crippen molar-refractivity contribution in [1.29, 1.82) is 0 Å². The van der Waals surface area contributed by atoms with Crippen LogP contribution in [-0.2, 0) is 9.47 Å². The molecule has 0 amide bonds. The fourth-order valence-electron chi connectivity index (χ4n) is 4.82. The van der Waals surface area contributed by atoms with Crippen molar-refractivity contribution in [2.45, 2.75) is 88.1 Å². The molecule has 8 N–H and O–H groups in total. The molecular formula is C30H38O12. The highest BCUT2D eigenvalue weighted by Gasteiger charge is 2.54. The summed E-state index contributed by atoms with van der Waals surface area (Å²) in [4.78, 5) is 0. The second-order valence-corrected chi connectivity index (χ2v) is 11.1. The Bertz CT molecular complexity index is 1220. The lowest BCUT2D eigenvalue weighted by atomic mass is 9.88. The van der Waals surface area contributed by atoms with Crippen LogP contribution in [0, 0.1) is 25.7 Å². The van der Waals surface area contributed by atoms with Gasteiger partial charge in [-0.05, 0) is 75.2 Å². The summed E-state index contributed by atoms with van der Waals surface area (Å²) in [5.74, 6) is 6.82. The van der Waals surface area contributed by atoms with Crippen molar-refractivity contribution in [3.05, 3.63) is 58.7 Å². The molecule has 0 unspecified atom stereocenters. The van der Waals surface area contributed by atoms with Crippen LogP contribution in [0.3, 0.4) is 0 Å². The Morgan fingerprint density at radius 2 is 1.05 bits per heavy atom. The van der Waals surface area contributed by atoms with Crippen LogP contribution in [0.2, 0.25) is 0 Å². The van der Waals surface area contributed by atoms with Gasteiger partial charge < -0.3 is 59.8 Å². The Hall–Kier alpha value is -2.80. The van der Waals surface area contributed by atoms with Gasteiger partial charge in [-0.3, -0.25) is 0 Å². The van der Waals surface area contributed by atoms with Crippen molar-refractivity contribution >= 4 is 0 Å². The van der Waals surface area contributed by atoms with E-state index in [4.69, 9.17) is 18.9 Å². The van der Waals surface area contributed by atoms with Crippen LogP contribution in [0.15, 0.2) is 36.4 Å². The Balaban J connectivity index is 1.46. The summed E-state index contributed by atoms with van der Waals surface area (Å²) in [7, 11) is 0. The molecule has 42 heavy (non-hydrogen) atoms. The van der Waals surface area contributed by atoms with Crippen molar-refractivity contribution in [1.82, 2.24) is 0 Å². The minimum atomic E-state index is -1.94. The van der Waals surface area contributed by atoms with E-state index in [-0.39, 0.29) is 0 Å². The van der Waals surface area contributed by atoms with Crippen LogP contribution < -0.4 is 9.47 Å². The van der Waals surface area contributed by atoms with E-state index in [1.807, 2.05) is 0 Å². The molecule has 10 atom stereocenters. The molecule has 0 aromatic heterocycles. The normalized spacial score (nSPS) is 36.6. The average Bonchev–Trinajstić information content (AvgIpc) is 2.95. The topological polar surface area (TPSA) is 199 Å². The molecule has 12 nitrogen and oxygen atoms in total. The number of hydrogen-bond donors (Lipinski definition) is 8. The molecule has 12 heteroatoms. The summed E-state index contributed by atoms with van der Waals surface area (Å²) in [5, 5.41) is 80.9. The van der Waals surface area contributed by atoms with Gasteiger partial charge >= 0.3 is 0 Å². The summed E-state index contributed by atoms with van der Waals surface area (Å²) in [6.45, 7) is 4.95. The van der Waals surface area contributed by atoms with Crippen LogP contribution in [0.5, 0.6) is 11.5 Å². The van der Waals surface area contributed by atoms with E-state index in [0.29, 0.717) is 33.8 Å². The number of aryl methyl sites for hydroxylation is 2. The molecule has 0 radical (unpaired) electrons. The van der Waals surface area contributed by atoms with Gasteiger partial charge in [0.2, 0.25) is 12.6 Å². The average molecular weight is 591 g/mol. The molecule has 0 bridgehead atoms. The van der Waals surface area contributed by atoms with Gasteiger partial charge in [0.05, 0.1) is 13.2 Å². The van der Waals surface area contributed by atoms with E-state index in [0.717, 1.165) is 0 Å². The van der Waals surface area contributed by atoms with Crippen molar-refractivity contribution in [2.75, 3.05) is 13.2 Å². The van der Waals surface area contributed by atoms with E-state index in [1.165, 1.54) is 13.8 Å². The van der Waals surface area contributed by atoms with Gasteiger partial charge in [-0.1, -0.05) is 11.8 Å². The summed E-state index contributed by atoms with van der Waals surface area (Å²) < 4.78 is 22.6. The van der Waals surface area contributed by atoms with E-state index < -0.39 is 73.6 Å². The lowest BCUT2D eigenvalue weighted by molar-refractivity contribution is -0.315. The smallest absolute Gasteiger partial charge is 0.231 e. The van der Waals surface area contributed by atoms with Crippen LogP contribution in [0.25, 0.3) is 0 Å². The monoisotopic (exact) mass is 590 g/mol. The third-order valence-electron chi connectivity index (χ3n) is 7.69. The van der Waals surface area contributed by atoms with Crippen LogP contribution >= 0.6 is 0 Å². The zero-order valence-electron chi connectivity index (χ0n) is 23.7. The number of aliphatic hydroxyl groups is 8. The maximum absolute atomic E-state index is 10.7. The first-order chi connectivity index (χ1) is 19.7. The number of ether oxygens (including phenoxy) is 4. The lowest BCUT2D eigenvalue weighted by Crippen LogP contribution is -2.66. The zero-order valence-corrected chi connectivity index (χ0v) is 23.7. The maximum Gasteiger partial charge on any atom is 0.231 e. The largest absolute Gasteiger partial charge is 0.461 e. The molecule has 0 spiro atoms. The molecule has 4 rings (SSSR count). The molecule has 0 saturated carbocycles. The number of hydrogen-bond acceptors (Lipinski definition) is 12. The molecule has 2 aliphatic heterocycles. The summed E-state index contributed by atoms with van der Waals surface area (Å²) in [6, 6.07) is 10.2. The SMILES string of the molecule is Cc1cc(C#Cc2ccc(O[C@H]3O[C@H](CO)[C@@H](O)[C@H](O)[C@]3(C)O)c(C)c2)ccc1O[C@H]1O[C@H](CO)[C@@H](O)[C@H](O)[C@]1(C)O. The molecular weight excluding hydrogens is 552 g/mol. The highest BCUT2D eigenvalue weighted by molar-refractivity contribution is 5.49. The molecule has 230 valence electrons. The van der Waals surface area contributed by atoms with E-state index in [2.05, 4.69) is 11.8 Å². The second kappa shape index (κ2) is 12.4. The van der Waals surface area contributed by atoms with Gasteiger partial charge in [-0.25, -0.2) is 0 Å². The first kappa shape index (κ1) is 32.1. The maximum atomic E-state index is 10.7. The molecule has 2 aliphatic rings. The van der Waals surface area contributed by atoms with Gasteiger partial charge in [0.15, 0.2) is 11.2 Å². The number of benzene rings is 2. The third kappa shape index (κ3) is 6.27. The highest BCUT2D eigenvalue weighted by atomic mass is 16.7. The van der Waals surface area contributed by atoms with Crippen LogP contribution in [0.4, 0.5) is 0 Å². The number of aliphatic hydroxyl groups excluding tert-OH is 6. The fourth-order valence-corrected chi connectivity index (χ4v) is 4.82. The first-order valence-electron chi connectivity index (χ1n) is 13.5. The van der Waals surface area contributed by atoms with Crippen molar-refractivity contribution < 1.29 is 59.8 Å². The van der Waals surface area contributed by atoms with E-state index >= 15 is 0 Å². The molecule has 2 aromatic carbocycles. The summed E-state index contributed by atoms with van der Waals surface area (Å²) in [5.41, 5.74) is -1.24. The molecule has 2 aromatic rings. The minimum Gasteiger partial charge on any atom is -0.461 e. The first-order valence-corrected chi connectivity index (χ1v) is 13.5. The molecule has 0 aliphatic carbocycles. The predicted molar refractivity (Wildman–Crippen MR) is 146 cm³/mol. The molecule has 2 fully saturated rings. The van der Waals surface area contributed by atoms with E-state index in [9.17, 15) is 40.9 Å². The Morgan fingerprint density at radius 3 is 1.36 bits per heavy atom. The second-order valence-electron chi connectivity index (χ2n) is 11.1. The van der Waals surface area contributed by atoms with Gasteiger partial charge in [0, 0.05) is 11.1 Å². The Morgan fingerprint density at radius 1 is 0.690 bits per heavy atom. The zero-order chi connectivity index (χ0) is 31.0. The van der Waals surface area contributed by atoms with Crippen molar-refractivity contribution in [3.63, 3.8) is 0 Å². The van der Waals surface area contributed by atoms with E-state index in [1.54, 1.807) is 50.2 Å². The van der Waals surface area contributed by atoms with Crippen LogP contribution in [0.1, 0.15) is 36.1 Å². The number of rotatable bonds is 6. The Labute approximate surface area is 243 Å². The molecule has 2 heterocycles. The van der Waals surface area contributed by atoms with Crippen molar-refractivity contribution in [2.24, 2.45) is 0 Å². The third-order valence-corrected chi connectivity index (χ3v) is 7.69. The van der Waals surface area contributed by atoms with Gasteiger partial charge in [-0.15, -0.1) is 0 Å². The van der Waals surface area contributed by atoms with Gasteiger partial charge in [0.25, 0.3) is 0 Å². The quantitative estimate of drug-likeness (QED) is 0.188. The van der Waals surface area contributed by atoms with Crippen molar-refractivity contribution in [3.8, 4) is 23.3 Å². The lowest BCUT2D eigenvalue weighted by Gasteiger charge is -2.45. The fraction of sp³-hybridized carbons (Fsp3) is 0.533. The molecule has 2 saturated heterocycles. The van der Waals surface area contributed by atoms with Gasteiger partial charge in [-0.2, -0.15) is 0 Å². The predicted octanol–water partition coefficient (Wildman–Crippen LogP) is -1.16. The standard InChI is InChI=1S/C30H38O12/c1-15-11-17(7-9-19(15)39-27-29(3,37)25(35)23(33)21(13-31)41-27)5-6-18-8-10-20(16(2)12-18)40-28-30(4,38)26(36)24(34)22(14-32)42-28/h7-12,21-28,31-38H,13-14H2,1-4H3/t21-,22-,23-,24-,25+,26+,27+,28+,29+,30+/m1/s1. The summed E-state index contributed by atoms with van der Waals surface area (Å²) in [6.07, 6.45) is -11.1. The summed E-state index contributed by atoms with van der Waals surface area (Å²) >= 11 is 0. The minimum absolute atomic E-state index is 0.352. The van der Waals surface area contributed by atoms with Gasteiger partial charge in [0.1, 0.15) is 48.1 Å². The highest BCUT2D eigenvalue weighted by Crippen LogP contribution is 2.34. The van der Waals surface area contributed by atoms with Crippen LogP contribution in [-0.4, -0.2) is 114 Å². The Kier molecular flexibility index (Phi) is 9.51.